The van der Waals surface area contributed by atoms with Crippen LogP contribution in [0.2, 0.25) is 0 Å². The fourth-order valence-electron chi connectivity index (χ4n) is 9.60. The van der Waals surface area contributed by atoms with Gasteiger partial charge in [0.1, 0.15) is 35.4 Å². The Labute approximate surface area is 371 Å². The van der Waals surface area contributed by atoms with E-state index in [2.05, 4.69) is 31.7 Å². The fraction of sp³-hybridized carbons (Fsp3) is 0.462. The molecule has 4 aliphatic rings. The third kappa shape index (κ3) is 12.4. The van der Waals surface area contributed by atoms with Crippen molar-refractivity contribution in [1.29, 1.82) is 0 Å². The van der Waals surface area contributed by atoms with Gasteiger partial charge in [-0.25, -0.2) is 0 Å². The molecule has 11 heteroatoms. The number of esters is 5. The topological polar surface area (TPSA) is 149 Å². The van der Waals surface area contributed by atoms with E-state index in [-0.39, 0.29) is 29.3 Å². The van der Waals surface area contributed by atoms with Crippen LogP contribution in [0, 0.1) is 17.3 Å². The Morgan fingerprint density at radius 2 is 1.33 bits per heavy atom. The Kier molecular flexibility index (Phi) is 16.1. The fourth-order valence-corrected chi connectivity index (χ4v) is 9.60. The van der Waals surface area contributed by atoms with Crippen LogP contribution in [-0.2, 0) is 46.3 Å². The van der Waals surface area contributed by atoms with Crippen molar-refractivity contribution in [2.24, 2.45) is 17.3 Å². The Balaban J connectivity index is 1.77. The molecule has 0 amide bonds. The lowest BCUT2D eigenvalue weighted by atomic mass is 9.56. The van der Waals surface area contributed by atoms with Gasteiger partial charge in [-0.2, -0.15) is 0 Å². The maximum Gasteiger partial charge on any atom is 0.308 e. The van der Waals surface area contributed by atoms with Crippen LogP contribution >= 0.6 is 0 Å². The Hall–Kier alpha value is -5.84. The molecule has 6 rings (SSSR count). The number of allylic oxidation sites excluding steroid dienone is 8. The molecule has 0 radical (unpaired) electrons. The summed E-state index contributed by atoms with van der Waals surface area (Å²) in [5.74, 6) is -2.35. The van der Waals surface area contributed by atoms with Crippen LogP contribution in [0.25, 0.3) is 0 Å². The van der Waals surface area contributed by atoms with E-state index in [0.717, 1.165) is 35.0 Å². The van der Waals surface area contributed by atoms with Crippen molar-refractivity contribution in [2.45, 2.75) is 139 Å². The molecule has 0 spiro atoms. The van der Waals surface area contributed by atoms with E-state index < -0.39 is 41.4 Å². The number of ether oxygens (including phenoxy) is 5. The molecule has 11 nitrogen and oxygen atoms in total. The summed E-state index contributed by atoms with van der Waals surface area (Å²) in [5, 5.41) is 0. The van der Waals surface area contributed by atoms with Crippen molar-refractivity contribution in [2.75, 3.05) is 0 Å². The van der Waals surface area contributed by atoms with Gasteiger partial charge in [0.05, 0.1) is 0 Å². The first kappa shape index (κ1) is 48.2. The number of benzene rings is 2. The second-order valence-electron chi connectivity index (χ2n) is 17.7. The zero-order valence-corrected chi connectivity index (χ0v) is 38.3. The van der Waals surface area contributed by atoms with E-state index in [1.807, 2.05) is 20.8 Å². The van der Waals surface area contributed by atoms with E-state index in [4.69, 9.17) is 23.7 Å². The lowest BCUT2D eigenvalue weighted by Gasteiger charge is -2.46. The first-order valence-corrected chi connectivity index (χ1v) is 21.8. The predicted molar refractivity (Wildman–Crippen MR) is 239 cm³/mol. The molecule has 5 unspecified atom stereocenters. The van der Waals surface area contributed by atoms with Crippen LogP contribution in [0.1, 0.15) is 148 Å². The molecule has 2 aromatic rings. The van der Waals surface area contributed by atoms with Crippen molar-refractivity contribution >= 4 is 36.1 Å². The number of hydrogen-bond acceptors (Lipinski definition) is 11. The van der Waals surface area contributed by atoms with Gasteiger partial charge in [-0.15, -0.1) is 0 Å². The molecule has 336 valence electrons. The normalized spacial score (nSPS) is 24.6. The van der Waals surface area contributed by atoms with Crippen LogP contribution in [0.4, 0.5) is 0 Å². The molecule has 0 N–H and O–H groups in total. The van der Waals surface area contributed by atoms with Gasteiger partial charge >= 0.3 is 29.8 Å². The van der Waals surface area contributed by atoms with Crippen molar-refractivity contribution < 1.29 is 52.5 Å². The second kappa shape index (κ2) is 21.0. The Morgan fingerprint density at radius 1 is 0.667 bits per heavy atom. The molecule has 6 bridgehead atoms. The Bertz CT molecular complexity index is 2290. The van der Waals surface area contributed by atoms with Crippen LogP contribution < -0.4 is 18.9 Å². The zero-order valence-electron chi connectivity index (χ0n) is 38.3. The molecule has 5 atom stereocenters. The first-order chi connectivity index (χ1) is 29.8. The number of aldehydes is 1. The lowest BCUT2D eigenvalue weighted by molar-refractivity contribution is -0.144. The van der Waals surface area contributed by atoms with Crippen LogP contribution in [0.3, 0.4) is 0 Å². The maximum absolute atomic E-state index is 14.2. The molecule has 0 aliphatic heterocycles. The van der Waals surface area contributed by atoms with E-state index in [0.29, 0.717) is 91.5 Å². The largest absolute Gasteiger partial charge is 0.453 e. The highest BCUT2D eigenvalue weighted by Crippen LogP contribution is 2.53. The lowest BCUT2D eigenvalue weighted by Crippen LogP contribution is -2.43. The van der Waals surface area contributed by atoms with Crippen LogP contribution in [-0.4, -0.2) is 36.1 Å². The second-order valence-corrected chi connectivity index (χ2v) is 17.7. The van der Waals surface area contributed by atoms with Gasteiger partial charge in [-0.3, -0.25) is 24.0 Å². The van der Waals surface area contributed by atoms with E-state index >= 15 is 0 Å². The van der Waals surface area contributed by atoms with Crippen molar-refractivity contribution in [3.63, 3.8) is 0 Å². The number of carbonyl (C=O) groups is 6. The first-order valence-electron chi connectivity index (χ1n) is 21.8. The summed E-state index contributed by atoms with van der Waals surface area (Å²) in [7, 11) is 0. The molecular formula is C52H62O11. The summed E-state index contributed by atoms with van der Waals surface area (Å²) >= 11 is 0. The molecular weight excluding hydrogens is 801 g/mol. The minimum absolute atomic E-state index is 0.165. The minimum atomic E-state index is -1.06. The molecule has 0 aromatic heterocycles. The molecule has 2 aromatic carbocycles. The monoisotopic (exact) mass is 862 g/mol. The van der Waals surface area contributed by atoms with Gasteiger partial charge in [0.2, 0.25) is 0 Å². The average Bonchev–Trinajstić information content (AvgIpc) is 3.16. The summed E-state index contributed by atoms with van der Waals surface area (Å²) < 4.78 is 29.2. The van der Waals surface area contributed by atoms with E-state index in [1.54, 1.807) is 30.3 Å². The minimum Gasteiger partial charge on any atom is -0.453 e. The summed E-state index contributed by atoms with van der Waals surface area (Å²) in [4.78, 5) is 77.1. The zero-order chi connectivity index (χ0) is 46.2. The molecule has 0 fully saturated rings. The molecule has 0 heterocycles. The van der Waals surface area contributed by atoms with Crippen LogP contribution in [0.15, 0.2) is 83.0 Å². The third-order valence-corrected chi connectivity index (χ3v) is 12.3. The summed E-state index contributed by atoms with van der Waals surface area (Å²) in [6, 6.07) is 6.79. The number of hydrogen-bond donors (Lipinski definition) is 0. The highest BCUT2D eigenvalue weighted by Gasteiger charge is 2.47. The van der Waals surface area contributed by atoms with Crippen molar-refractivity contribution in [3.05, 3.63) is 105 Å². The van der Waals surface area contributed by atoms with Crippen molar-refractivity contribution in [1.82, 2.24) is 0 Å². The standard InChI is InChI=1S/C52H62O11/c1-30(2)45-17-16-31(3)14-12-18-52(29-53)42-20-33(5)21-49(61-36(8)56)47-28-48(60-35(7)55)40(26-50(47)62-37(9)57)19-32(4)13-11-15-39(22-42)23-43(52)24-41-25-44(59-34(6)54)27-46(45)51(41)63-38(10)58/h13-14,21-22,25-29,42-43,45,49H,1,11-12,15-20,23-24H2,2-10H3/b31-14-,32-13?,33-21-. The molecule has 4 aliphatic carbocycles. The highest BCUT2D eigenvalue weighted by molar-refractivity contribution is 5.74. The quantitative estimate of drug-likeness (QED) is 0.113. The summed E-state index contributed by atoms with van der Waals surface area (Å²) in [5.41, 5.74) is 6.35. The maximum atomic E-state index is 14.2. The highest BCUT2D eigenvalue weighted by atomic mass is 16.6. The van der Waals surface area contributed by atoms with Crippen molar-refractivity contribution in [3.8, 4) is 23.0 Å². The number of rotatable bonds is 7. The Morgan fingerprint density at radius 3 is 1.97 bits per heavy atom. The number of carbonyl (C=O) groups excluding carboxylic acids is 6. The SMILES string of the molecule is C=C(C)C1CC/C(C)=C\CCC2(C=O)C3C=C(CCC=C(C)Cc4cc(OC(C)=O)c(cc4OC(C)=O)C(OC(C)=O)/C=C(/C)C3)CC2Cc2cc(OC(C)=O)cc1c2OC(C)=O. The smallest absolute Gasteiger partial charge is 0.308 e. The molecule has 0 saturated carbocycles. The van der Waals surface area contributed by atoms with Gasteiger partial charge in [-0.1, -0.05) is 52.7 Å². The number of fused-ring (bicyclic) bond motifs is 10. The van der Waals surface area contributed by atoms with Gasteiger partial charge in [0, 0.05) is 62.6 Å². The average molecular weight is 863 g/mol. The molecule has 0 saturated heterocycles. The van der Waals surface area contributed by atoms with E-state index in [9.17, 15) is 28.8 Å². The summed E-state index contributed by atoms with van der Waals surface area (Å²) in [6.07, 6.45) is 14.1. The third-order valence-electron chi connectivity index (χ3n) is 12.3. The van der Waals surface area contributed by atoms with Gasteiger partial charge in [0.25, 0.3) is 0 Å². The van der Waals surface area contributed by atoms with Gasteiger partial charge in [-0.05, 0) is 140 Å². The van der Waals surface area contributed by atoms with Gasteiger partial charge in [0.15, 0.2) is 0 Å². The summed E-state index contributed by atoms with van der Waals surface area (Å²) in [6.45, 7) is 18.9. The van der Waals surface area contributed by atoms with Crippen LogP contribution in [0.5, 0.6) is 23.0 Å². The molecule has 63 heavy (non-hydrogen) atoms. The van der Waals surface area contributed by atoms with E-state index in [1.165, 1.54) is 40.2 Å². The van der Waals surface area contributed by atoms with Gasteiger partial charge < -0.3 is 28.5 Å². The predicted octanol–water partition coefficient (Wildman–Crippen LogP) is 10.8.